The van der Waals surface area contributed by atoms with E-state index in [9.17, 15) is 14.3 Å². The second-order valence-corrected chi connectivity index (χ2v) is 7.85. The quantitative estimate of drug-likeness (QED) is 0.455. The number of hydrogen-bond donors (Lipinski definition) is 4. The van der Waals surface area contributed by atoms with E-state index in [4.69, 9.17) is 5.73 Å². The molecule has 0 aliphatic carbocycles. The summed E-state index contributed by atoms with van der Waals surface area (Å²) in [4.78, 5) is 25.0. The van der Waals surface area contributed by atoms with Gasteiger partial charge in [0.15, 0.2) is 0 Å². The van der Waals surface area contributed by atoms with Gasteiger partial charge in [0.2, 0.25) is 0 Å². The van der Waals surface area contributed by atoms with E-state index >= 15 is 0 Å². The van der Waals surface area contributed by atoms with E-state index in [1.54, 1.807) is 42.9 Å². The number of aliphatic imine (C=N–C) groups is 1. The van der Waals surface area contributed by atoms with E-state index in [0.29, 0.717) is 17.1 Å². The fourth-order valence-corrected chi connectivity index (χ4v) is 2.47. The summed E-state index contributed by atoms with van der Waals surface area (Å²) >= 11 is 0. The predicted molar refractivity (Wildman–Crippen MR) is 121 cm³/mol. The van der Waals surface area contributed by atoms with Crippen molar-refractivity contribution < 1.29 is 14.3 Å². The number of aliphatic hydroxyl groups is 1. The molecule has 5 N–H and O–H groups in total. The third-order valence-electron chi connectivity index (χ3n) is 4.24. The molecule has 2 aromatic heterocycles. The molecule has 0 aliphatic heterocycles. The Morgan fingerprint density at radius 2 is 2.03 bits per heavy atom. The second kappa shape index (κ2) is 10.6. The van der Waals surface area contributed by atoms with Crippen molar-refractivity contribution in [1.82, 2.24) is 15.3 Å². The van der Waals surface area contributed by atoms with Gasteiger partial charge in [-0.25, -0.2) is 4.39 Å². The van der Waals surface area contributed by atoms with Gasteiger partial charge >= 0.3 is 0 Å². The highest BCUT2D eigenvalue weighted by molar-refractivity contribution is 6.00. The van der Waals surface area contributed by atoms with E-state index in [1.165, 1.54) is 20.0 Å². The first-order valence-electron chi connectivity index (χ1n) is 9.89. The molecule has 9 heteroatoms. The fraction of sp³-hybridized carbons (Fsp3) is 0.364. The molecule has 0 saturated carbocycles. The zero-order valence-electron chi connectivity index (χ0n) is 18.1. The minimum absolute atomic E-state index is 0.0329. The number of aromatic nitrogens is 2. The Kier molecular flexibility index (Phi) is 8.21. The van der Waals surface area contributed by atoms with Crippen LogP contribution in [0, 0.1) is 0 Å². The van der Waals surface area contributed by atoms with Crippen LogP contribution in [0.4, 0.5) is 15.8 Å². The maximum atomic E-state index is 14.0. The fourth-order valence-electron chi connectivity index (χ4n) is 2.47. The van der Waals surface area contributed by atoms with Crippen molar-refractivity contribution in [2.75, 3.05) is 11.9 Å². The number of nitrogens with two attached hydrogens (primary N) is 1. The van der Waals surface area contributed by atoms with E-state index in [0.717, 1.165) is 5.69 Å². The van der Waals surface area contributed by atoms with Crippen LogP contribution in [0.2, 0.25) is 0 Å². The highest BCUT2D eigenvalue weighted by Gasteiger charge is 2.27. The molecule has 166 valence electrons. The van der Waals surface area contributed by atoms with Crippen LogP contribution in [0.25, 0.3) is 5.70 Å². The highest BCUT2D eigenvalue weighted by atomic mass is 19.1. The summed E-state index contributed by atoms with van der Waals surface area (Å²) in [5.41, 5.74) is 6.89. The normalized spacial score (nSPS) is 13.5. The van der Waals surface area contributed by atoms with Gasteiger partial charge in [0.1, 0.15) is 6.17 Å². The number of halogens is 1. The van der Waals surface area contributed by atoms with Crippen molar-refractivity contribution in [3.8, 4) is 0 Å². The third-order valence-corrected chi connectivity index (χ3v) is 4.24. The molecule has 0 bridgehead atoms. The molecule has 0 aliphatic rings. The molecular formula is C22H29FN6O2. The lowest BCUT2D eigenvalue weighted by Crippen LogP contribution is -2.42. The van der Waals surface area contributed by atoms with Crippen LogP contribution in [-0.2, 0) is 0 Å². The number of anilines is 1. The largest absolute Gasteiger partial charge is 0.397 e. The average Bonchev–Trinajstić information content (AvgIpc) is 2.71. The summed E-state index contributed by atoms with van der Waals surface area (Å²) in [6, 6.07) is 5.21. The van der Waals surface area contributed by atoms with Gasteiger partial charge in [0.25, 0.3) is 5.91 Å². The Bertz CT molecular complexity index is 939. The monoisotopic (exact) mass is 428 g/mol. The number of alkyl halides is 1. The summed E-state index contributed by atoms with van der Waals surface area (Å²) in [5, 5.41) is 15.4. The van der Waals surface area contributed by atoms with Gasteiger partial charge in [-0.2, -0.15) is 0 Å². The Labute approximate surface area is 181 Å². The molecule has 31 heavy (non-hydrogen) atoms. The van der Waals surface area contributed by atoms with Crippen LogP contribution in [0.3, 0.4) is 0 Å². The lowest BCUT2D eigenvalue weighted by Gasteiger charge is -2.23. The maximum Gasteiger partial charge on any atom is 0.255 e. The molecule has 1 unspecified atom stereocenters. The minimum atomic E-state index is -1.61. The summed E-state index contributed by atoms with van der Waals surface area (Å²) in [7, 11) is 0. The molecule has 0 saturated heterocycles. The van der Waals surface area contributed by atoms with Crippen LogP contribution in [0.15, 0.2) is 47.9 Å². The number of amides is 1. The number of nitrogens with zero attached hydrogens (tertiary/aromatic N) is 3. The van der Waals surface area contributed by atoms with E-state index < -0.39 is 17.7 Å². The van der Waals surface area contributed by atoms with Crippen molar-refractivity contribution in [2.45, 2.75) is 45.5 Å². The summed E-state index contributed by atoms with van der Waals surface area (Å²) in [5.74, 6) is -0.504. The number of carbonyl (C=O) groups is 1. The van der Waals surface area contributed by atoms with Gasteiger partial charge in [0, 0.05) is 30.8 Å². The topological polar surface area (TPSA) is 126 Å². The van der Waals surface area contributed by atoms with Gasteiger partial charge < -0.3 is 21.5 Å². The summed E-state index contributed by atoms with van der Waals surface area (Å²) in [6.45, 7) is 6.22. The molecule has 1 amide bonds. The molecule has 0 aromatic carbocycles. The Balaban J connectivity index is 2.21. The summed E-state index contributed by atoms with van der Waals surface area (Å²) < 4.78 is 14.0. The summed E-state index contributed by atoms with van der Waals surface area (Å²) in [6.07, 6.45) is 6.22. The molecule has 0 radical (unpaired) electrons. The molecule has 0 spiro atoms. The van der Waals surface area contributed by atoms with Crippen molar-refractivity contribution in [3.05, 3.63) is 54.1 Å². The zero-order valence-corrected chi connectivity index (χ0v) is 18.1. The van der Waals surface area contributed by atoms with Gasteiger partial charge in [-0.15, -0.1) is 0 Å². The van der Waals surface area contributed by atoms with Crippen LogP contribution < -0.4 is 16.4 Å². The van der Waals surface area contributed by atoms with Crippen LogP contribution >= 0.6 is 0 Å². The van der Waals surface area contributed by atoms with Crippen molar-refractivity contribution >= 4 is 29.2 Å². The third kappa shape index (κ3) is 7.45. The van der Waals surface area contributed by atoms with Gasteiger partial charge in [-0.05, 0) is 52.0 Å². The number of rotatable bonds is 9. The first kappa shape index (κ1) is 23.9. The lowest BCUT2D eigenvalue weighted by molar-refractivity contribution is -0.00177. The van der Waals surface area contributed by atoms with Crippen LogP contribution in [0.5, 0.6) is 0 Å². The van der Waals surface area contributed by atoms with Crippen LogP contribution in [-0.4, -0.2) is 51.6 Å². The molecule has 2 aromatic rings. The molecule has 1 atom stereocenters. The van der Waals surface area contributed by atoms with Gasteiger partial charge in [-0.3, -0.25) is 19.8 Å². The maximum absolute atomic E-state index is 14.0. The number of pyridine rings is 2. The lowest BCUT2D eigenvalue weighted by atomic mass is 10.0. The Hall–Kier alpha value is -3.33. The second-order valence-electron chi connectivity index (χ2n) is 7.85. The standard InChI is InChI=1S/C22H29FN6O2/c1-14(2)29-18-11-19(17(24)7-10-26-15-5-8-25-9-6-15)27-12-16(18)21(30)28-13-20(23)22(3,4)31/h5-12,14,20,31H,13,24H2,1-4H3,(H,27,29)(H,28,30). The molecule has 8 nitrogen and oxygen atoms in total. The molecule has 2 heterocycles. The van der Waals surface area contributed by atoms with E-state index in [2.05, 4.69) is 25.6 Å². The first-order chi connectivity index (χ1) is 14.6. The molecular weight excluding hydrogens is 399 g/mol. The van der Waals surface area contributed by atoms with E-state index in [1.807, 2.05) is 13.8 Å². The van der Waals surface area contributed by atoms with Crippen molar-refractivity contribution in [1.29, 1.82) is 0 Å². The molecule has 0 fully saturated rings. The Morgan fingerprint density at radius 3 is 2.65 bits per heavy atom. The number of allylic oxidation sites excluding steroid dienone is 1. The predicted octanol–water partition coefficient (Wildman–Crippen LogP) is 2.84. The zero-order chi connectivity index (χ0) is 23.0. The SMILES string of the molecule is CC(C)Nc1cc(C(N)=CC=Nc2ccncc2)ncc1C(=O)NCC(F)C(C)(C)O. The Morgan fingerprint density at radius 1 is 1.35 bits per heavy atom. The van der Waals surface area contributed by atoms with Crippen molar-refractivity contribution in [2.24, 2.45) is 10.7 Å². The minimum Gasteiger partial charge on any atom is -0.397 e. The van der Waals surface area contributed by atoms with Crippen LogP contribution in [0.1, 0.15) is 43.7 Å². The number of nitrogens with one attached hydrogen (secondary N) is 2. The highest BCUT2D eigenvalue weighted by Crippen LogP contribution is 2.20. The molecule has 2 rings (SSSR count). The number of hydrogen-bond acceptors (Lipinski definition) is 7. The van der Waals surface area contributed by atoms with Crippen molar-refractivity contribution in [3.63, 3.8) is 0 Å². The first-order valence-corrected chi connectivity index (χ1v) is 9.89. The van der Waals surface area contributed by atoms with E-state index in [-0.39, 0.29) is 18.2 Å². The smallest absolute Gasteiger partial charge is 0.255 e. The van der Waals surface area contributed by atoms with Gasteiger partial charge in [-0.1, -0.05) is 0 Å². The van der Waals surface area contributed by atoms with Gasteiger partial charge in [0.05, 0.1) is 40.5 Å². The number of carbonyl (C=O) groups excluding carboxylic acids is 1. The average molecular weight is 429 g/mol.